The third kappa shape index (κ3) is 5.67. The van der Waals surface area contributed by atoms with Gasteiger partial charge < -0.3 is 20.1 Å². The molecule has 0 aliphatic heterocycles. The van der Waals surface area contributed by atoms with Crippen molar-refractivity contribution < 1.29 is 14.3 Å². The molecule has 114 valence electrons. The van der Waals surface area contributed by atoms with Gasteiger partial charge in [0.1, 0.15) is 11.5 Å². The number of amides is 1. The molecule has 1 amide bonds. The van der Waals surface area contributed by atoms with Crippen LogP contribution in [-0.2, 0) is 11.2 Å². The molecule has 5 nitrogen and oxygen atoms in total. The van der Waals surface area contributed by atoms with Crippen molar-refractivity contribution in [3.63, 3.8) is 0 Å². The smallest absolute Gasteiger partial charge is 0.224 e. The van der Waals surface area contributed by atoms with Crippen LogP contribution in [0.2, 0.25) is 0 Å². The number of methoxy groups -OCH3 is 2. The first-order chi connectivity index (χ1) is 9.22. The number of carbonyl (C=O) groups excluding carboxylic acids is 1. The van der Waals surface area contributed by atoms with Crippen molar-refractivity contribution in [3.8, 4) is 11.5 Å². The van der Waals surface area contributed by atoms with Crippen molar-refractivity contribution in [2.45, 2.75) is 12.8 Å². The van der Waals surface area contributed by atoms with Crippen molar-refractivity contribution in [3.05, 3.63) is 23.8 Å². The standard InChI is InChI=1S/C14H22N2O3.ClH/c1-15-8-5-9-16-14(17)10-11-12(18-2)6-4-7-13(11)19-3;/h4,6-7,15H,5,8-10H2,1-3H3,(H,16,17);1H. The van der Waals surface area contributed by atoms with Gasteiger partial charge in [0.2, 0.25) is 5.91 Å². The van der Waals surface area contributed by atoms with Crippen molar-refractivity contribution in [1.29, 1.82) is 0 Å². The van der Waals surface area contributed by atoms with E-state index in [-0.39, 0.29) is 24.7 Å². The summed E-state index contributed by atoms with van der Waals surface area (Å²) in [6, 6.07) is 5.49. The van der Waals surface area contributed by atoms with Crippen LogP contribution in [0.3, 0.4) is 0 Å². The Morgan fingerprint density at radius 2 is 1.75 bits per heavy atom. The lowest BCUT2D eigenvalue weighted by Crippen LogP contribution is -2.28. The van der Waals surface area contributed by atoms with E-state index in [0.717, 1.165) is 18.5 Å². The van der Waals surface area contributed by atoms with E-state index in [1.807, 2.05) is 25.2 Å². The van der Waals surface area contributed by atoms with Crippen LogP contribution in [0, 0.1) is 0 Å². The summed E-state index contributed by atoms with van der Waals surface area (Å²) in [7, 11) is 5.06. The third-order valence-electron chi connectivity index (χ3n) is 2.79. The lowest BCUT2D eigenvalue weighted by Gasteiger charge is -2.13. The molecule has 0 unspecified atom stereocenters. The van der Waals surface area contributed by atoms with E-state index in [1.54, 1.807) is 14.2 Å². The molecule has 0 atom stereocenters. The molecule has 0 saturated heterocycles. The van der Waals surface area contributed by atoms with Gasteiger partial charge in [-0.2, -0.15) is 0 Å². The summed E-state index contributed by atoms with van der Waals surface area (Å²) < 4.78 is 10.5. The summed E-state index contributed by atoms with van der Waals surface area (Å²) in [6.45, 7) is 1.55. The van der Waals surface area contributed by atoms with Crippen LogP contribution in [0.4, 0.5) is 0 Å². The minimum atomic E-state index is -0.0288. The van der Waals surface area contributed by atoms with Gasteiger partial charge in [0, 0.05) is 12.1 Å². The number of hydrogen-bond acceptors (Lipinski definition) is 4. The zero-order chi connectivity index (χ0) is 14.1. The molecule has 2 N–H and O–H groups in total. The van der Waals surface area contributed by atoms with Crippen LogP contribution >= 0.6 is 12.4 Å². The quantitative estimate of drug-likeness (QED) is 0.713. The van der Waals surface area contributed by atoms with E-state index in [0.29, 0.717) is 18.0 Å². The molecular formula is C14H23ClN2O3. The van der Waals surface area contributed by atoms with Crippen molar-refractivity contribution in [1.82, 2.24) is 10.6 Å². The normalized spacial score (nSPS) is 9.55. The summed E-state index contributed by atoms with van der Waals surface area (Å²) >= 11 is 0. The van der Waals surface area contributed by atoms with Gasteiger partial charge in [0.05, 0.1) is 20.6 Å². The lowest BCUT2D eigenvalue weighted by molar-refractivity contribution is -0.120. The Bertz CT molecular complexity index is 391. The Morgan fingerprint density at radius 1 is 1.15 bits per heavy atom. The van der Waals surface area contributed by atoms with E-state index in [4.69, 9.17) is 9.47 Å². The van der Waals surface area contributed by atoms with Crippen molar-refractivity contribution >= 4 is 18.3 Å². The number of ether oxygens (including phenoxy) is 2. The van der Waals surface area contributed by atoms with Gasteiger partial charge in [-0.3, -0.25) is 4.79 Å². The molecule has 1 rings (SSSR count). The first kappa shape index (κ1) is 18.5. The predicted molar refractivity (Wildman–Crippen MR) is 82.1 cm³/mol. The SMILES string of the molecule is CNCCCNC(=O)Cc1c(OC)cccc1OC.Cl. The fraction of sp³-hybridized carbons (Fsp3) is 0.500. The van der Waals surface area contributed by atoms with E-state index >= 15 is 0 Å². The summed E-state index contributed by atoms with van der Waals surface area (Å²) in [5.41, 5.74) is 0.776. The number of benzene rings is 1. The first-order valence-corrected chi connectivity index (χ1v) is 6.34. The van der Waals surface area contributed by atoms with E-state index in [9.17, 15) is 4.79 Å². The predicted octanol–water partition coefficient (Wildman–Crippen LogP) is 1.39. The molecular weight excluding hydrogens is 280 g/mol. The van der Waals surface area contributed by atoms with Crippen LogP contribution in [0.25, 0.3) is 0 Å². The lowest BCUT2D eigenvalue weighted by atomic mass is 10.1. The maximum Gasteiger partial charge on any atom is 0.224 e. The highest BCUT2D eigenvalue weighted by molar-refractivity contribution is 5.85. The zero-order valence-corrected chi connectivity index (χ0v) is 13.0. The first-order valence-electron chi connectivity index (χ1n) is 6.34. The number of halogens is 1. The largest absolute Gasteiger partial charge is 0.496 e. The monoisotopic (exact) mass is 302 g/mol. The molecule has 0 spiro atoms. The average Bonchev–Trinajstić information content (AvgIpc) is 2.43. The number of hydrogen-bond donors (Lipinski definition) is 2. The highest BCUT2D eigenvalue weighted by atomic mass is 35.5. The van der Waals surface area contributed by atoms with Crippen LogP contribution in [0.5, 0.6) is 11.5 Å². The fourth-order valence-electron chi connectivity index (χ4n) is 1.82. The van der Waals surface area contributed by atoms with Crippen molar-refractivity contribution in [2.75, 3.05) is 34.4 Å². The average molecular weight is 303 g/mol. The summed E-state index contributed by atoms with van der Waals surface area (Å²) in [6.07, 6.45) is 1.16. The van der Waals surface area contributed by atoms with Gasteiger partial charge in [-0.05, 0) is 32.1 Å². The molecule has 1 aromatic rings. The molecule has 0 fully saturated rings. The van der Waals surface area contributed by atoms with Crippen LogP contribution in [0.15, 0.2) is 18.2 Å². The molecule has 6 heteroatoms. The maximum atomic E-state index is 11.9. The van der Waals surface area contributed by atoms with Gasteiger partial charge in [-0.15, -0.1) is 12.4 Å². The number of rotatable bonds is 8. The zero-order valence-electron chi connectivity index (χ0n) is 12.2. The molecule has 0 radical (unpaired) electrons. The molecule has 0 heterocycles. The van der Waals surface area contributed by atoms with Gasteiger partial charge in [0.25, 0.3) is 0 Å². The maximum absolute atomic E-state index is 11.9. The Balaban J connectivity index is 0.00000361. The molecule has 0 aliphatic rings. The Morgan fingerprint density at radius 3 is 2.25 bits per heavy atom. The Hall–Kier alpha value is -1.46. The second-order valence-corrected chi connectivity index (χ2v) is 4.12. The van der Waals surface area contributed by atoms with E-state index < -0.39 is 0 Å². The van der Waals surface area contributed by atoms with E-state index in [1.165, 1.54) is 0 Å². The second kappa shape index (κ2) is 10.3. The minimum absolute atomic E-state index is 0. The third-order valence-corrected chi connectivity index (χ3v) is 2.79. The summed E-state index contributed by atoms with van der Waals surface area (Å²) in [5, 5.41) is 5.91. The summed E-state index contributed by atoms with van der Waals surface area (Å²) in [5.74, 6) is 1.31. The topological polar surface area (TPSA) is 59.6 Å². The molecule has 0 aromatic heterocycles. The molecule has 20 heavy (non-hydrogen) atoms. The van der Waals surface area contributed by atoms with Crippen LogP contribution in [0.1, 0.15) is 12.0 Å². The highest BCUT2D eigenvalue weighted by Gasteiger charge is 2.13. The Labute approximate surface area is 126 Å². The van der Waals surface area contributed by atoms with Gasteiger partial charge in [0.15, 0.2) is 0 Å². The highest BCUT2D eigenvalue weighted by Crippen LogP contribution is 2.28. The van der Waals surface area contributed by atoms with Crippen molar-refractivity contribution in [2.24, 2.45) is 0 Å². The number of carbonyl (C=O) groups is 1. The second-order valence-electron chi connectivity index (χ2n) is 4.12. The Kier molecular flexibility index (Phi) is 9.59. The van der Waals surface area contributed by atoms with Gasteiger partial charge >= 0.3 is 0 Å². The fourth-order valence-corrected chi connectivity index (χ4v) is 1.82. The molecule has 1 aromatic carbocycles. The van der Waals surface area contributed by atoms with Gasteiger partial charge in [-0.1, -0.05) is 6.07 Å². The molecule has 0 aliphatic carbocycles. The van der Waals surface area contributed by atoms with Crippen LogP contribution < -0.4 is 20.1 Å². The number of nitrogens with one attached hydrogen (secondary N) is 2. The summed E-state index contributed by atoms with van der Waals surface area (Å²) in [4.78, 5) is 11.9. The van der Waals surface area contributed by atoms with E-state index in [2.05, 4.69) is 10.6 Å². The van der Waals surface area contributed by atoms with Crippen LogP contribution in [-0.4, -0.2) is 40.3 Å². The van der Waals surface area contributed by atoms with Gasteiger partial charge in [-0.25, -0.2) is 0 Å². The molecule has 0 saturated carbocycles. The molecule has 0 bridgehead atoms. The minimum Gasteiger partial charge on any atom is -0.496 e.